The Kier molecular flexibility index (Phi) is 5.22. The molecule has 1 heterocycles. The number of carbonyl (C=O) groups is 1. The van der Waals surface area contributed by atoms with Gasteiger partial charge in [0.2, 0.25) is 0 Å². The van der Waals surface area contributed by atoms with Crippen LogP contribution in [0.4, 0.5) is 0 Å². The molecule has 1 fully saturated rings. The van der Waals surface area contributed by atoms with Crippen LogP contribution in [0.2, 0.25) is 0 Å². The third-order valence-corrected chi connectivity index (χ3v) is 3.42. The highest BCUT2D eigenvalue weighted by atomic mass is 16.4. The van der Waals surface area contributed by atoms with Gasteiger partial charge in [0, 0.05) is 32.2 Å². The van der Waals surface area contributed by atoms with Crippen LogP contribution in [-0.2, 0) is 4.79 Å². The lowest BCUT2D eigenvalue weighted by Crippen LogP contribution is -2.52. The predicted octanol–water partition coefficient (Wildman–Crippen LogP) is 1.12. The van der Waals surface area contributed by atoms with Crippen molar-refractivity contribution < 1.29 is 9.90 Å². The van der Waals surface area contributed by atoms with E-state index in [0.717, 1.165) is 26.2 Å². The van der Waals surface area contributed by atoms with Gasteiger partial charge in [0.15, 0.2) is 0 Å². The SMILES string of the molecule is CCC(C(C)C)N1CCN(CC(=O)O)CC1. The Morgan fingerprint density at radius 1 is 1.25 bits per heavy atom. The van der Waals surface area contributed by atoms with Crippen molar-refractivity contribution in [3.8, 4) is 0 Å². The first kappa shape index (κ1) is 13.5. The van der Waals surface area contributed by atoms with Crippen molar-refractivity contribution in [3.05, 3.63) is 0 Å². The van der Waals surface area contributed by atoms with Crippen molar-refractivity contribution in [1.29, 1.82) is 0 Å². The average Bonchev–Trinajstić information content (AvgIpc) is 2.20. The summed E-state index contributed by atoms with van der Waals surface area (Å²) in [4.78, 5) is 15.1. The molecule has 0 bridgehead atoms. The van der Waals surface area contributed by atoms with Crippen molar-refractivity contribution in [2.24, 2.45) is 5.92 Å². The highest BCUT2D eigenvalue weighted by Crippen LogP contribution is 2.16. The molecule has 1 aliphatic heterocycles. The number of carboxylic acid groups (broad SMARTS) is 1. The molecule has 16 heavy (non-hydrogen) atoms. The minimum absolute atomic E-state index is 0.187. The highest BCUT2D eigenvalue weighted by Gasteiger charge is 2.25. The monoisotopic (exact) mass is 228 g/mol. The summed E-state index contributed by atoms with van der Waals surface area (Å²) in [6, 6.07) is 0.645. The lowest BCUT2D eigenvalue weighted by molar-refractivity contribution is -0.138. The molecule has 94 valence electrons. The van der Waals surface area contributed by atoms with Gasteiger partial charge in [-0.15, -0.1) is 0 Å². The fourth-order valence-electron chi connectivity index (χ4n) is 2.60. The van der Waals surface area contributed by atoms with E-state index in [4.69, 9.17) is 5.11 Å². The van der Waals surface area contributed by atoms with Crippen molar-refractivity contribution in [2.75, 3.05) is 32.7 Å². The van der Waals surface area contributed by atoms with Crippen molar-refractivity contribution in [2.45, 2.75) is 33.2 Å². The predicted molar refractivity (Wildman–Crippen MR) is 64.6 cm³/mol. The number of hydrogen-bond donors (Lipinski definition) is 1. The molecule has 0 aromatic rings. The van der Waals surface area contributed by atoms with Crippen molar-refractivity contribution >= 4 is 5.97 Å². The topological polar surface area (TPSA) is 43.8 Å². The first-order chi connectivity index (χ1) is 7.54. The van der Waals surface area contributed by atoms with E-state index in [1.807, 2.05) is 4.90 Å². The van der Waals surface area contributed by atoms with Crippen LogP contribution >= 0.6 is 0 Å². The molecule has 0 saturated carbocycles. The van der Waals surface area contributed by atoms with E-state index in [1.54, 1.807) is 0 Å². The molecule has 1 unspecified atom stereocenters. The van der Waals surface area contributed by atoms with Gasteiger partial charge >= 0.3 is 5.97 Å². The summed E-state index contributed by atoms with van der Waals surface area (Å²) in [6.45, 7) is 10.7. The van der Waals surface area contributed by atoms with Crippen LogP contribution in [-0.4, -0.2) is 59.6 Å². The zero-order valence-electron chi connectivity index (χ0n) is 10.6. The lowest BCUT2D eigenvalue weighted by atomic mass is 9.99. The van der Waals surface area contributed by atoms with Crippen molar-refractivity contribution in [3.63, 3.8) is 0 Å². The number of hydrogen-bond acceptors (Lipinski definition) is 3. The van der Waals surface area contributed by atoms with Crippen molar-refractivity contribution in [1.82, 2.24) is 9.80 Å². The molecule has 0 aliphatic carbocycles. The Hall–Kier alpha value is -0.610. The second-order valence-corrected chi connectivity index (χ2v) is 4.93. The Morgan fingerprint density at radius 2 is 1.81 bits per heavy atom. The molecule has 0 spiro atoms. The van der Waals surface area contributed by atoms with Crippen LogP contribution in [0, 0.1) is 5.92 Å². The van der Waals surface area contributed by atoms with Crippen LogP contribution in [0.15, 0.2) is 0 Å². The summed E-state index contributed by atoms with van der Waals surface area (Å²) in [5, 5.41) is 8.72. The van der Waals surface area contributed by atoms with E-state index < -0.39 is 5.97 Å². The molecule has 4 nitrogen and oxygen atoms in total. The van der Waals surface area contributed by atoms with Gasteiger partial charge in [0.25, 0.3) is 0 Å². The molecule has 1 saturated heterocycles. The number of rotatable bonds is 5. The number of piperazine rings is 1. The second-order valence-electron chi connectivity index (χ2n) is 4.93. The van der Waals surface area contributed by atoms with Gasteiger partial charge in [-0.25, -0.2) is 0 Å². The summed E-state index contributed by atoms with van der Waals surface area (Å²) in [5.74, 6) is -0.0413. The Bertz CT molecular complexity index is 223. The second kappa shape index (κ2) is 6.21. The zero-order valence-corrected chi connectivity index (χ0v) is 10.6. The van der Waals surface area contributed by atoms with E-state index in [2.05, 4.69) is 25.7 Å². The fraction of sp³-hybridized carbons (Fsp3) is 0.917. The quantitative estimate of drug-likeness (QED) is 0.766. The van der Waals surface area contributed by atoms with E-state index >= 15 is 0 Å². The van der Waals surface area contributed by atoms with Gasteiger partial charge < -0.3 is 5.11 Å². The van der Waals surface area contributed by atoms with Gasteiger partial charge in [-0.3, -0.25) is 14.6 Å². The maximum Gasteiger partial charge on any atom is 0.317 e. The number of carboxylic acids is 1. The van der Waals surface area contributed by atoms with Gasteiger partial charge in [-0.05, 0) is 12.3 Å². The minimum atomic E-state index is -0.718. The van der Waals surface area contributed by atoms with Gasteiger partial charge in [-0.2, -0.15) is 0 Å². The smallest absolute Gasteiger partial charge is 0.317 e. The van der Waals surface area contributed by atoms with Gasteiger partial charge in [-0.1, -0.05) is 20.8 Å². The summed E-state index contributed by atoms with van der Waals surface area (Å²) < 4.78 is 0. The standard InChI is InChI=1S/C12H24N2O2/c1-4-11(10(2)3)14-7-5-13(6-8-14)9-12(15)16/h10-11H,4-9H2,1-3H3,(H,15,16). The fourth-order valence-corrected chi connectivity index (χ4v) is 2.60. The third kappa shape index (κ3) is 3.76. The molecule has 0 aromatic heterocycles. The van der Waals surface area contributed by atoms with E-state index in [0.29, 0.717) is 12.0 Å². The molecule has 4 heteroatoms. The normalized spacial score (nSPS) is 21.2. The largest absolute Gasteiger partial charge is 0.480 e. The number of nitrogens with zero attached hydrogens (tertiary/aromatic N) is 2. The Morgan fingerprint density at radius 3 is 2.19 bits per heavy atom. The zero-order chi connectivity index (χ0) is 12.1. The maximum absolute atomic E-state index is 10.6. The summed E-state index contributed by atoms with van der Waals surface area (Å²) >= 11 is 0. The number of aliphatic carboxylic acids is 1. The van der Waals surface area contributed by atoms with Crippen LogP contribution in [0.5, 0.6) is 0 Å². The first-order valence-electron chi connectivity index (χ1n) is 6.22. The molecule has 1 N–H and O–H groups in total. The minimum Gasteiger partial charge on any atom is -0.480 e. The molecular weight excluding hydrogens is 204 g/mol. The van der Waals surface area contributed by atoms with Crippen LogP contribution < -0.4 is 0 Å². The lowest BCUT2D eigenvalue weighted by Gasteiger charge is -2.40. The summed E-state index contributed by atoms with van der Waals surface area (Å²) in [5.41, 5.74) is 0. The third-order valence-electron chi connectivity index (χ3n) is 3.42. The molecule has 0 aromatic carbocycles. The first-order valence-corrected chi connectivity index (χ1v) is 6.22. The maximum atomic E-state index is 10.6. The molecular formula is C12H24N2O2. The van der Waals surface area contributed by atoms with E-state index in [-0.39, 0.29) is 6.54 Å². The molecule has 1 aliphatic rings. The molecule has 1 atom stereocenters. The van der Waals surface area contributed by atoms with Gasteiger partial charge in [0.05, 0.1) is 6.54 Å². The van der Waals surface area contributed by atoms with E-state index in [1.165, 1.54) is 6.42 Å². The van der Waals surface area contributed by atoms with Crippen LogP contribution in [0.1, 0.15) is 27.2 Å². The van der Waals surface area contributed by atoms with Gasteiger partial charge in [0.1, 0.15) is 0 Å². The molecule has 0 amide bonds. The summed E-state index contributed by atoms with van der Waals surface area (Å²) in [7, 11) is 0. The molecule has 0 radical (unpaired) electrons. The van der Waals surface area contributed by atoms with E-state index in [9.17, 15) is 4.79 Å². The summed E-state index contributed by atoms with van der Waals surface area (Å²) in [6.07, 6.45) is 1.18. The Labute approximate surface area is 98.2 Å². The highest BCUT2D eigenvalue weighted by molar-refractivity contribution is 5.69. The Balaban J connectivity index is 2.38. The molecule has 1 rings (SSSR count). The average molecular weight is 228 g/mol. The van der Waals surface area contributed by atoms with Crippen LogP contribution in [0.25, 0.3) is 0 Å². The van der Waals surface area contributed by atoms with Crippen LogP contribution in [0.3, 0.4) is 0 Å².